The number of nitrogens with one attached hydrogen (secondary N) is 1. The molecule has 150 valence electrons. The van der Waals surface area contributed by atoms with Gasteiger partial charge in [-0.1, -0.05) is 24.3 Å². The largest absolute Gasteiger partial charge is 0.493 e. The van der Waals surface area contributed by atoms with E-state index in [1.165, 1.54) is 0 Å². The lowest BCUT2D eigenvalue weighted by atomic mass is 10.1. The summed E-state index contributed by atoms with van der Waals surface area (Å²) < 4.78 is 19.6. The second kappa shape index (κ2) is 9.80. The molecule has 0 saturated carbocycles. The Hall–Kier alpha value is -3.25. The van der Waals surface area contributed by atoms with E-state index in [0.717, 1.165) is 27.4 Å². The maximum absolute atomic E-state index is 5.73. The number of anilines is 2. The van der Waals surface area contributed by atoms with Crippen molar-refractivity contribution < 1.29 is 14.2 Å². The van der Waals surface area contributed by atoms with Crippen molar-refractivity contribution in [1.29, 1.82) is 0 Å². The maximum atomic E-state index is 5.73. The first-order chi connectivity index (χ1) is 14.1. The summed E-state index contributed by atoms with van der Waals surface area (Å²) in [5.41, 5.74) is 9.52. The third-order valence-electron chi connectivity index (χ3n) is 4.21. The highest BCUT2D eigenvalue weighted by Gasteiger charge is 2.11. The van der Waals surface area contributed by atoms with Crippen LogP contribution in [0.2, 0.25) is 0 Å². The van der Waals surface area contributed by atoms with E-state index in [9.17, 15) is 0 Å². The number of rotatable bonds is 8. The van der Waals surface area contributed by atoms with E-state index in [1.807, 2.05) is 66.7 Å². The lowest BCUT2D eigenvalue weighted by Gasteiger charge is -2.12. The lowest BCUT2D eigenvalue weighted by molar-refractivity contribution is 0.324. The van der Waals surface area contributed by atoms with Crippen LogP contribution in [0.3, 0.4) is 0 Å². The molecular weight excluding hydrogens is 384 g/mol. The third-order valence-corrected chi connectivity index (χ3v) is 5.05. The van der Waals surface area contributed by atoms with E-state index in [4.69, 9.17) is 19.9 Å². The highest BCUT2D eigenvalue weighted by Crippen LogP contribution is 2.38. The van der Waals surface area contributed by atoms with E-state index in [1.54, 1.807) is 33.3 Å². The Balaban J connectivity index is 1.74. The molecule has 0 aromatic heterocycles. The molecule has 0 unspecified atom stereocenters. The molecular formula is C23H24N2O3S. The second-order valence-electron chi connectivity index (χ2n) is 6.19. The van der Waals surface area contributed by atoms with Gasteiger partial charge in [-0.15, -0.1) is 0 Å². The van der Waals surface area contributed by atoms with Gasteiger partial charge in [0.15, 0.2) is 11.5 Å². The molecule has 0 bridgehead atoms. The molecule has 29 heavy (non-hydrogen) atoms. The molecule has 3 N–H and O–H groups in total. The first-order valence-corrected chi connectivity index (χ1v) is 9.81. The Morgan fingerprint density at radius 1 is 0.793 bits per heavy atom. The van der Waals surface area contributed by atoms with Crippen LogP contribution in [0.25, 0.3) is 12.2 Å². The molecule has 6 heteroatoms. The number of nitrogens with two attached hydrogens (primary N) is 1. The van der Waals surface area contributed by atoms with Crippen molar-refractivity contribution in [3.8, 4) is 17.2 Å². The topological polar surface area (TPSA) is 65.7 Å². The van der Waals surface area contributed by atoms with Crippen molar-refractivity contribution in [2.24, 2.45) is 0 Å². The van der Waals surface area contributed by atoms with Gasteiger partial charge in [0, 0.05) is 16.3 Å². The Bertz CT molecular complexity index is 963. The SMILES string of the molecule is COc1cc(/C=C\c2cccc(NSc3ccc(N)cc3)c2)cc(OC)c1OC. The van der Waals surface area contributed by atoms with Crippen LogP contribution in [0.5, 0.6) is 17.2 Å². The van der Waals surface area contributed by atoms with Crippen LogP contribution < -0.4 is 24.7 Å². The fourth-order valence-corrected chi connectivity index (χ4v) is 3.38. The molecule has 0 aliphatic carbocycles. The Morgan fingerprint density at radius 2 is 1.45 bits per heavy atom. The van der Waals surface area contributed by atoms with Crippen molar-refractivity contribution >= 4 is 35.5 Å². The molecule has 3 aromatic carbocycles. The summed E-state index contributed by atoms with van der Waals surface area (Å²) in [6, 6.07) is 19.8. The van der Waals surface area contributed by atoms with Crippen molar-refractivity contribution in [3.05, 3.63) is 71.8 Å². The van der Waals surface area contributed by atoms with Gasteiger partial charge in [0.05, 0.1) is 21.3 Å². The van der Waals surface area contributed by atoms with Crippen LogP contribution in [0.15, 0.2) is 65.6 Å². The van der Waals surface area contributed by atoms with Gasteiger partial charge in [-0.3, -0.25) is 0 Å². The Morgan fingerprint density at radius 3 is 2.07 bits per heavy atom. The van der Waals surface area contributed by atoms with Crippen molar-refractivity contribution in [2.45, 2.75) is 4.90 Å². The zero-order valence-electron chi connectivity index (χ0n) is 16.6. The fraction of sp³-hybridized carbons (Fsp3) is 0.130. The molecule has 0 amide bonds. The normalized spacial score (nSPS) is 10.7. The summed E-state index contributed by atoms with van der Waals surface area (Å²) in [5, 5.41) is 0. The third kappa shape index (κ3) is 5.39. The van der Waals surface area contributed by atoms with Gasteiger partial charge in [0.2, 0.25) is 5.75 Å². The van der Waals surface area contributed by atoms with E-state index < -0.39 is 0 Å². The first kappa shape index (κ1) is 20.5. The molecule has 0 saturated heterocycles. The highest BCUT2D eigenvalue weighted by molar-refractivity contribution is 8.00. The number of benzene rings is 3. The molecule has 0 aliphatic rings. The van der Waals surface area contributed by atoms with Gasteiger partial charge in [-0.05, 0) is 71.6 Å². The average Bonchev–Trinajstić information content (AvgIpc) is 2.76. The van der Waals surface area contributed by atoms with Crippen LogP contribution in [-0.2, 0) is 0 Å². The zero-order valence-corrected chi connectivity index (χ0v) is 17.5. The zero-order chi connectivity index (χ0) is 20.6. The summed E-state index contributed by atoms with van der Waals surface area (Å²) in [4.78, 5) is 1.09. The number of hydrogen-bond acceptors (Lipinski definition) is 6. The Kier molecular flexibility index (Phi) is 6.92. The van der Waals surface area contributed by atoms with Crippen LogP contribution in [0.1, 0.15) is 11.1 Å². The molecule has 0 fully saturated rings. The predicted octanol–water partition coefficient (Wildman–Crippen LogP) is 5.58. The van der Waals surface area contributed by atoms with Crippen LogP contribution in [-0.4, -0.2) is 21.3 Å². The average molecular weight is 409 g/mol. The van der Waals surface area contributed by atoms with Gasteiger partial charge in [-0.2, -0.15) is 0 Å². The molecule has 0 heterocycles. The number of nitrogen functional groups attached to an aromatic ring is 1. The monoisotopic (exact) mass is 408 g/mol. The molecule has 3 rings (SSSR count). The summed E-state index contributed by atoms with van der Waals surface area (Å²) >= 11 is 1.54. The van der Waals surface area contributed by atoms with E-state index in [-0.39, 0.29) is 0 Å². The molecule has 0 spiro atoms. The molecule has 0 aliphatic heterocycles. The van der Waals surface area contributed by atoms with Crippen molar-refractivity contribution in [2.75, 3.05) is 31.8 Å². The number of hydrogen-bond donors (Lipinski definition) is 2. The predicted molar refractivity (Wildman–Crippen MR) is 122 cm³/mol. The minimum atomic E-state index is 0.582. The van der Waals surface area contributed by atoms with E-state index >= 15 is 0 Å². The highest BCUT2D eigenvalue weighted by atomic mass is 32.2. The molecule has 5 nitrogen and oxygen atoms in total. The first-order valence-electron chi connectivity index (χ1n) is 8.99. The van der Waals surface area contributed by atoms with Crippen LogP contribution in [0.4, 0.5) is 11.4 Å². The minimum Gasteiger partial charge on any atom is -0.493 e. The van der Waals surface area contributed by atoms with E-state index in [2.05, 4.69) is 10.8 Å². The number of ether oxygens (including phenoxy) is 3. The molecule has 0 radical (unpaired) electrons. The van der Waals surface area contributed by atoms with Gasteiger partial charge in [-0.25, -0.2) is 0 Å². The van der Waals surface area contributed by atoms with Gasteiger partial charge >= 0.3 is 0 Å². The quantitative estimate of drug-likeness (QED) is 0.288. The summed E-state index contributed by atoms with van der Waals surface area (Å²) in [6.07, 6.45) is 4.05. The summed E-state index contributed by atoms with van der Waals surface area (Å²) in [7, 11) is 4.81. The van der Waals surface area contributed by atoms with Crippen molar-refractivity contribution in [3.63, 3.8) is 0 Å². The second-order valence-corrected chi connectivity index (χ2v) is 7.07. The van der Waals surface area contributed by atoms with Gasteiger partial charge in [0.25, 0.3) is 0 Å². The minimum absolute atomic E-state index is 0.582. The summed E-state index contributed by atoms with van der Waals surface area (Å²) in [6.45, 7) is 0. The molecule has 0 atom stereocenters. The summed E-state index contributed by atoms with van der Waals surface area (Å²) in [5.74, 6) is 1.83. The van der Waals surface area contributed by atoms with Crippen LogP contribution >= 0.6 is 11.9 Å². The smallest absolute Gasteiger partial charge is 0.203 e. The Labute approximate surface area is 175 Å². The van der Waals surface area contributed by atoms with Gasteiger partial charge < -0.3 is 24.7 Å². The standard InChI is InChI=1S/C23H24N2O3S/c1-26-21-14-17(15-22(27-2)23(21)28-3)8-7-16-5-4-6-19(13-16)25-29-20-11-9-18(24)10-12-20/h4-15,25H,24H2,1-3H3/b8-7-. The van der Waals surface area contributed by atoms with Crippen LogP contribution in [0, 0.1) is 0 Å². The van der Waals surface area contributed by atoms with E-state index in [0.29, 0.717) is 17.2 Å². The lowest BCUT2D eigenvalue weighted by Crippen LogP contribution is -1.95. The molecule has 3 aromatic rings. The maximum Gasteiger partial charge on any atom is 0.203 e. The van der Waals surface area contributed by atoms with Crippen molar-refractivity contribution in [1.82, 2.24) is 0 Å². The number of methoxy groups -OCH3 is 3. The van der Waals surface area contributed by atoms with Gasteiger partial charge in [0.1, 0.15) is 0 Å². The fourth-order valence-electron chi connectivity index (χ4n) is 2.75.